The van der Waals surface area contributed by atoms with E-state index in [-0.39, 0.29) is 5.41 Å². The van der Waals surface area contributed by atoms with E-state index < -0.39 is 0 Å². The summed E-state index contributed by atoms with van der Waals surface area (Å²) < 4.78 is 0. The summed E-state index contributed by atoms with van der Waals surface area (Å²) in [7, 11) is 0. The van der Waals surface area contributed by atoms with Crippen molar-refractivity contribution >= 4 is 0 Å². The highest BCUT2D eigenvalue weighted by atomic mass is 14.7. The van der Waals surface area contributed by atoms with Gasteiger partial charge in [-0.25, -0.2) is 4.98 Å². The monoisotopic (exact) mass is 187 g/mol. The number of pyridine rings is 1. The van der Waals surface area contributed by atoms with Crippen LogP contribution in [0.25, 0.3) is 0 Å². The molecule has 1 heterocycles. The Hall–Kier alpha value is -1.29. The van der Waals surface area contributed by atoms with E-state index in [4.69, 9.17) is 6.42 Å². The minimum absolute atomic E-state index is 0.231. The molecule has 0 aliphatic heterocycles. The summed E-state index contributed by atoms with van der Waals surface area (Å²) in [6, 6.07) is 4.08. The first-order chi connectivity index (χ1) is 6.66. The molecule has 0 amide bonds. The lowest BCUT2D eigenvalue weighted by Crippen LogP contribution is -2.19. The van der Waals surface area contributed by atoms with Crippen LogP contribution in [0.15, 0.2) is 18.3 Å². The van der Waals surface area contributed by atoms with Gasteiger partial charge >= 0.3 is 0 Å². The van der Waals surface area contributed by atoms with Crippen LogP contribution in [0.2, 0.25) is 0 Å². The van der Waals surface area contributed by atoms with Crippen molar-refractivity contribution in [3.63, 3.8) is 0 Å². The zero-order valence-corrected chi connectivity index (χ0v) is 9.17. The van der Waals surface area contributed by atoms with Crippen molar-refractivity contribution in [2.75, 3.05) is 0 Å². The van der Waals surface area contributed by atoms with Crippen LogP contribution in [0.3, 0.4) is 0 Å². The van der Waals surface area contributed by atoms with Gasteiger partial charge in [0.15, 0.2) is 0 Å². The van der Waals surface area contributed by atoms with Gasteiger partial charge in [-0.2, -0.15) is 0 Å². The van der Waals surface area contributed by atoms with Crippen molar-refractivity contribution in [1.29, 1.82) is 0 Å². The maximum atomic E-state index is 5.33. The molecule has 1 nitrogen and oxygen atoms in total. The minimum Gasteiger partial charge on any atom is -0.248 e. The Morgan fingerprint density at radius 2 is 2.07 bits per heavy atom. The number of aromatic nitrogens is 1. The maximum absolute atomic E-state index is 5.33. The molecule has 0 atom stereocenters. The molecule has 0 saturated carbocycles. The summed E-state index contributed by atoms with van der Waals surface area (Å²) >= 11 is 0. The highest BCUT2D eigenvalue weighted by Crippen LogP contribution is 2.30. The molecule has 0 fully saturated rings. The van der Waals surface area contributed by atoms with E-state index in [0.29, 0.717) is 0 Å². The Bertz CT molecular complexity index is 342. The number of hydrogen-bond donors (Lipinski definition) is 0. The molecule has 1 heteroatoms. The van der Waals surface area contributed by atoms with E-state index in [1.807, 2.05) is 6.07 Å². The van der Waals surface area contributed by atoms with Crippen LogP contribution < -0.4 is 0 Å². The van der Waals surface area contributed by atoms with Gasteiger partial charge in [-0.15, -0.1) is 6.42 Å². The van der Waals surface area contributed by atoms with Gasteiger partial charge < -0.3 is 0 Å². The average molecular weight is 187 g/mol. The normalized spacial score (nSPS) is 11.0. The van der Waals surface area contributed by atoms with Crippen molar-refractivity contribution in [2.45, 2.75) is 39.0 Å². The summed E-state index contributed by atoms with van der Waals surface area (Å²) in [5.74, 6) is 2.58. The van der Waals surface area contributed by atoms with E-state index in [9.17, 15) is 0 Å². The zero-order valence-electron chi connectivity index (χ0n) is 9.17. The van der Waals surface area contributed by atoms with Crippen molar-refractivity contribution < 1.29 is 0 Å². The SMILES string of the molecule is C#Cc1cc(C(C)(CC)CC)ccn1. The molecular weight excluding hydrogens is 170 g/mol. The van der Waals surface area contributed by atoms with E-state index >= 15 is 0 Å². The number of terminal acetylenes is 1. The van der Waals surface area contributed by atoms with Gasteiger partial charge in [0.25, 0.3) is 0 Å². The first-order valence-corrected chi connectivity index (χ1v) is 5.09. The van der Waals surface area contributed by atoms with E-state index in [1.165, 1.54) is 5.56 Å². The summed E-state index contributed by atoms with van der Waals surface area (Å²) in [5.41, 5.74) is 2.26. The molecule has 0 saturated heterocycles. The van der Waals surface area contributed by atoms with Crippen LogP contribution in [-0.4, -0.2) is 4.98 Å². The summed E-state index contributed by atoms with van der Waals surface area (Å²) in [6.45, 7) is 6.68. The van der Waals surface area contributed by atoms with Crippen molar-refractivity contribution in [1.82, 2.24) is 4.98 Å². The largest absolute Gasteiger partial charge is 0.248 e. The Morgan fingerprint density at radius 3 is 2.57 bits per heavy atom. The molecule has 1 aromatic rings. The third-order valence-corrected chi connectivity index (χ3v) is 3.17. The van der Waals surface area contributed by atoms with Crippen molar-refractivity contribution in [2.24, 2.45) is 0 Å². The van der Waals surface area contributed by atoms with Crippen LogP contribution in [0.4, 0.5) is 0 Å². The topological polar surface area (TPSA) is 12.9 Å². The van der Waals surface area contributed by atoms with Gasteiger partial charge in [0.1, 0.15) is 5.69 Å². The molecule has 0 radical (unpaired) electrons. The molecule has 0 bridgehead atoms. The summed E-state index contributed by atoms with van der Waals surface area (Å²) in [4.78, 5) is 4.10. The first kappa shape index (κ1) is 10.8. The molecule has 0 aliphatic rings. The molecule has 14 heavy (non-hydrogen) atoms. The number of nitrogens with zero attached hydrogens (tertiary/aromatic N) is 1. The van der Waals surface area contributed by atoms with E-state index in [2.05, 4.69) is 37.7 Å². The molecule has 0 unspecified atom stereocenters. The third-order valence-electron chi connectivity index (χ3n) is 3.17. The molecule has 1 aromatic heterocycles. The lowest BCUT2D eigenvalue weighted by Gasteiger charge is -2.27. The predicted octanol–water partition coefficient (Wildman–Crippen LogP) is 3.14. The second kappa shape index (κ2) is 4.28. The Labute approximate surface area is 86.6 Å². The van der Waals surface area contributed by atoms with Crippen molar-refractivity contribution in [3.8, 4) is 12.3 Å². The van der Waals surface area contributed by atoms with Gasteiger partial charge in [-0.1, -0.05) is 26.7 Å². The molecule has 0 aliphatic carbocycles. The summed E-state index contributed by atoms with van der Waals surface area (Å²) in [6.07, 6.45) is 9.38. The van der Waals surface area contributed by atoms with Crippen molar-refractivity contribution in [3.05, 3.63) is 29.6 Å². The van der Waals surface area contributed by atoms with E-state index in [1.54, 1.807) is 6.20 Å². The van der Waals surface area contributed by atoms with Crippen LogP contribution in [0.1, 0.15) is 44.9 Å². The quantitative estimate of drug-likeness (QED) is 0.662. The Balaban J connectivity index is 3.12. The van der Waals surface area contributed by atoms with Gasteiger partial charge in [0.2, 0.25) is 0 Å². The predicted molar refractivity (Wildman–Crippen MR) is 60.1 cm³/mol. The van der Waals surface area contributed by atoms with Gasteiger partial charge in [-0.3, -0.25) is 0 Å². The lowest BCUT2D eigenvalue weighted by atomic mass is 9.78. The molecule has 74 valence electrons. The van der Waals surface area contributed by atoms with Crippen LogP contribution in [0.5, 0.6) is 0 Å². The fraction of sp³-hybridized carbons (Fsp3) is 0.462. The Morgan fingerprint density at radius 1 is 1.43 bits per heavy atom. The molecule has 0 spiro atoms. The maximum Gasteiger partial charge on any atom is 0.113 e. The third kappa shape index (κ3) is 1.96. The number of rotatable bonds is 3. The minimum atomic E-state index is 0.231. The second-order valence-electron chi connectivity index (χ2n) is 3.84. The van der Waals surface area contributed by atoms with Crippen LogP contribution >= 0.6 is 0 Å². The van der Waals surface area contributed by atoms with Gasteiger partial charge in [-0.05, 0) is 36.0 Å². The Kier molecular flexibility index (Phi) is 3.30. The average Bonchev–Trinajstić information content (AvgIpc) is 2.28. The second-order valence-corrected chi connectivity index (χ2v) is 3.84. The van der Waals surface area contributed by atoms with Crippen LogP contribution in [0, 0.1) is 12.3 Å². The first-order valence-electron chi connectivity index (χ1n) is 5.09. The molecular formula is C13H17N. The van der Waals surface area contributed by atoms with Gasteiger partial charge in [0, 0.05) is 6.20 Å². The standard InChI is InChI=1S/C13H17N/c1-5-12-10-11(8-9-14-12)13(4,6-2)7-3/h1,8-10H,6-7H2,2-4H3. The lowest BCUT2D eigenvalue weighted by molar-refractivity contribution is 0.438. The van der Waals surface area contributed by atoms with Crippen LogP contribution in [-0.2, 0) is 5.41 Å². The number of hydrogen-bond acceptors (Lipinski definition) is 1. The molecule has 1 rings (SSSR count). The highest BCUT2D eigenvalue weighted by Gasteiger charge is 2.22. The smallest absolute Gasteiger partial charge is 0.113 e. The van der Waals surface area contributed by atoms with Gasteiger partial charge in [0.05, 0.1) is 0 Å². The summed E-state index contributed by atoms with van der Waals surface area (Å²) in [5, 5.41) is 0. The highest BCUT2D eigenvalue weighted by molar-refractivity contribution is 5.32. The zero-order chi connectivity index (χ0) is 10.6. The fourth-order valence-electron chi connectivity index (χ4n) is 1.54. The molecule has 0 N–H and O–H groups in total. The molecule has 0 aromatic carbocycles. The fourth-order valence-corrected chi connectivity index (χ4v) is 1.54. The van der Waals surface area contributed by atoms with E-state index in [0.717, 1.165) is 18.5 Å².